The molecule has 1 aliphatic rings. The van der Waals surface area contributed by atoms with Gasteiger partial charge < -0.3 is 14.6 Å². The molecular formula is C15H21N3O4. The van der Waals surface area contributed by atoms with Crippen LogP contribution in [0.1, 0.15) is 26.5 Å². The van der Waals surface area contributed by atoms with E-state index in [-0.39, 0.29) is 36.9 Å². The highest BCUT2D eigenvalue weighted by atomic mass is 16.3. The van der Waals surface area contributed by atoms with Gasteiger partial charge in [-0.25, -0.2) is 4.79 Å². The summed E-state index contributed by atoms with van der Waals surface area (Å²) in [6, 6.07) is 2.99. The third-order valence-electron chi connectivity index (χ3n) is 3.91. The Hall–Kier alpha value is -2.31. The number of hydrogen-bond donors (Lipinski definition) is 1. The van der Waals surface area contributed by atoms with Crippen LogP contribution >= 0.6 is 0 Å². The van der Waals surface area contributed by atoms with E-state index >= 15 is 0 Å². The van der Waals surface area contributed by atoms with Gasteiger partial charge in [-0.15, -0.1) is 0 Å². The standard InChI is InChI=1S/C15H21N3O4/c1-10(2)11(3)17(8-12-5-4-6-22-12)14(20)9-18-13(19)7-16-15(18)21/h4-6,10-11H,7-9H2,1-3H3,(H,16,21). The van der Waals surface area contributed by atoms with E-state index in [0.29, 0.717) is 12.3 Å². The van der Waals surface area contributed by atoms with Crippen molar-refractivity contribution in [3.8, 4) is 0 Å². The molecule has 2 rings (SSSR count). The summed E-state index contributed by atoms with van der Waals surface area (Å²) >= 11 is 0. The minimum Gasteiger partial charge on any atom is -0.467 e. The molecule has 1 fully saturated rings. The van der Waals surface area contributed by atoms with Crippen molar-refractivity contribution in [2.45, 2.75) is 33.4 Å². The van der Waals surface area contributed by atoms with Crippen LogP contribution in [-0.4, -0.2) is 46.8 Å². The lowest BCUT2D eigenvalue weighted by Gasteiger charge is -2.32. The first-order valence-electron chi connectivity index (χ1n) is 7.30. The van der Waals surface area contributed by atoms with Crippen LogP contribution in [0.2, 0.25) is 0 Å². The van der Waals surface area contributed by atoms with Crippen molar-refractivity contribution < 1.29 is 18.8 Å². The molecule has 7 heteroatoms. The monoisotopic (exact) mass is 307 g/mol. The summed E-state index contributed by atoms with van der Waals surface area (Å²) in [5.41, 5.74) is 0. The molecule has 0 aliphatic carbocycles. The van der Waals surface area contributed by atoms with Crippen LogP contribution in [0, 0.1) is 5.92 Å². The average Bonchev–Trinajstić information content (AvgIpc) is 3.08. The normalized spacial score (nSPS) is 16.1. The lowest BCUT2D eigenvalue weighted by molar-refractivity contribution is -0.139. The summed E-state index contributed by atoms with van der Waals surface area (Å²) in [7, 11) is 0. The van der Waals surface area contributed by atoms with E-state index in [9.17, 15) is 14.4 Å². The molecule has 0 radical (unpaired) electrons. The first-order valence-corrected chi connectivity index (χ1v) is 7.30. The average molecular weight is 307 g/mol. The Bertz CT molecular complexity index is 537. The maximum absolute atomic E-state index is 12.6. The fraction of sp³-hybridized carbons (Fsp3) is 0.533. The van der Waals surface area contributed by atoms with Crippen molar-refractivity contribution in [2.75, 3.05) is 13.1 Å². The molecule has 1 N–H and O–H groups in total. The van der Waals surface area contributed by atoms with E-state index in [0.717, 1.165) is 4.90 Å². The number of nitrogens with one attached hydrogen (secondary N) is 1. The number of amides is 4. The number of nitrogens with zero attached hydrogens (tertiary/aromatic N) is 2. The molecule has 7 nitrogen and oxygen atoms in total. The molecule has 120 valence electrons. The van der Waals surface area contributed by atoms with Gasteiger partial charge in [0.2, 0.25) is 5.91 Å². The van der Waals surface area contributed by atoms with Gasteiger partial charge in [0, 0.05) is 6.04 Å². The summed E-state index contributed by atoms with van der Waals surface area (Å²) in [4.78, 5) is 38.3. The second-order valence-corrected chi connectivity index (χ2v) is 5.72. The summed E-state index contributed by atoms with van der Waals surface area (Å²) in [5.74, 6) is 0.247. The van der Waals surface area contributed by atoms with Gasteiger partial charge in [0.15, 0.2) is 0 Å². The number of furan rings is 1. The van der Waals surface area contributed by atoms with Gasteiger partial charge in [-0.1, -0.05) is 13.8 Å². The highest BCUT2D eigenvalue weighted by molar-refractivity contribution is 6.04. The summed E-state index contributed by atoms with van der Waals surface area (Å²) in [6.45, 7) is 5.99. The fourth-order valence-corrected chi connectivity index (χ4v) is 2.23. The summed E-state index contributed by atoms with van der Waals surface area (Å²) in [6.07, 6.45) is 1.55. The van der Waals surface area contributed by atoms with E-state index < -0.39 is 6.03 Å². The Morgan fingerprint density at radius 3 is 2.64 bits per heavy atom. The maximum atomic E-state index is 12.6. The van der Waals surface area contributed by atoms with Gasteiger partial charge in [0.25, 0.3) is 5.91 Å². The van der Waals surface area contributed by atoms with Crippen LogP contribution < -0.4 is 5.32 Å². The van der Waals surface area contributed by atoms with E-state index in [1.54, 1.807) is 23.3 Å². The van der Waals surface area contributed by atoms with Gasteiger partial charge in [0.1, 0.15) is 12.3 Å². The molecule has 1 aliphatic heterocycles. The predicted molar refractivity (Wildman–Crippen MR) is 78.7 cm³/mol. The Morgan fingerprint density at radius 1 is 1.41 bits per heavy atom. The smallest absolute Gasteiger partial charge is 0.325 e. The molecular weight excluding hydrogens is 286 g/mol. The number of urea groups is 1. The first-order chi connectivity index (χ1) is 10.4. The number of rotatable bonds is 6. The molecule has 0 saturated carbocycles. The molecule has 4 amide bonds. The van der Waals surface area contributed by atoms with Crippen LogP contribution in [-0.2, 0) is 16.1 Å². The molecule has 0 bridgehead atoms. The van der Waals surface area contributed by atoms with Crippen molar-refractivity contribution in [2.24, 2.45) is 5.92 Å². The quantitative estimate of drug-likeness (QED) is 0.801. The molecule has 1 saturated heterocycles. The lowest BCUT2D eigenvalue weighted by atomic mass is 10.0. The Kier molecular flexibility index (Phi) is 4.85. The predicted octanol–water partition coefficient (Wildman–Crippen LogP) is 1.20. The van der Waals surface area contributed by atoms with Crippen LogP contribution in [0.5, 0.6) is 0 Å². The number of imide groups is 1. The number of carbonyl (C=O) groups excluding carboxylic acids is 3. The molecule has 0 aromatic carbocycles. The third-order valence-corrected chi connectivity index (χ3v) is 3.91. The van der Waals surface area contributed by atoms with Gasteiger partial charge in [-0.05, 0) is 25.0 Å². The van der Waals surface area contributed by atoms with Crippen molar-refractivity contribution in [1.82, 2.24) is 15.1 Å². The SMILES string of the molecule is CC(C)C(C)N(Cc1ccco1)C(=O)CN1C(=O)CNC1=O. The molecule has 1 aromatic rings. The molecule has 22 heavy (non-hydrogen) atoms. The topological polar surface area (TPSA) is 82.9 Å². The highest BCUT2D eigenvalue weighted by Gasteiger charge is 2.33. The second kappa shape index (κ2) is 6.64. The van der Waals surface area contributed by atoms with E-state index in [1.165, 1.54) is 0 Å². The second-order valence-electron chi connectivity index (χ2n) is 5.72. The zero-order valence-corrected chi connectivity index (χ0v) is 13.0. The van der Waals surface area contributed by atoms with Gasteiger partial charge >= 0.3 is 6.03 Å². The van der Waals surface area contributed by atoms with E-state index in [1.807, 2.05) is 20.8 Å². The molecule has 2 heterocycles. The maximum Gasteiger partial charge on any atom is 0.325 e. The van der Waals surface area contributed by atoms with E-state index in [4.69, 9.17) is 4.42 Å². The zero-order valence-electron chi connectivity index (χ0n) is 13.0. The van der Waals surface area contributed by atoms with Gasteiger partial charge in [0.05, 0.1) is 19.4 Å². The lowest BCUT2D eigenvalue weighted by Crippen LogP contribution is -2.47. The van der Waals surface area contributed by atoms with Crippen LogP contribution in [0.25, 0.3) is 0 Å². The molecule has 1 aromatic heterocycles. The number of hydrogen-bond acceptors (Lipinski definition) is 4. The van der Waals surface area contributed by atoms with Gasteiger partial charge in [-0.2, -0.15) is 0 Å². The van der Waals surface area contributed by atoms with Crippen molar-refractivity contribution in [3.63, 3.8) is 0 Å². The minimum atomic E-state index is -0.520. The van der Waals surface area contributed by atoms with Crippen molar-refractivity contribution in [1.29, 1.82) is 0 Å². The summed E-state index contributed by atoms with van der Waals surface area (Å²) in [5, 5.41) is 2.41. The fourth-order valence-electron chi connectivity index (χ4n) is 2.23. The Balaban J connectivity index is 2.11. The van der Waals surface area contributed by atoms with Crippen LogP contribution in [0.4, 0.5) is 4.79 Å². The number of carbonyl (C=O) groups is 3. The largest absolute Gasteiger partial charge is 0.467 e. The Morgan fingerprint density at radius 2 is 2.14 bits per heavy atom. The zero-order chi connectivity index (χ0) is 16.3. The van der Waals surface area contributed by atoms with Crippen molar-refractivity contribution >= 4 is 17.8 Å². The summed E-state index contributed by atoms with van der Waals surface area (Å²) < 4.78 is 5.30. The highest BCUT2D eigenvalue weighted by Crippen LogP contribution is 2.16. The Labute approximate surface area is 129 Å². The van der Waals surface area contributed by atoms with Crippen LogP contribution in [0.15, 0.2) is 22.8 Å². The third kappa shape index (κ3) is 3.47. The molecule has 0 spiro atoms. The van der Waals surface area contributed by atoms with E-state index in [2.05, 4.69) is 5.32 Å². The van der Waals surface area contributed by atoms with Gasteiger partial charge in [-0.3, -0.25) is 14.5 Å². The molecule has 1 atom stereocenters. The van der Waals surface area contributed by atoms with Crippen molar-refractivity contribution in [3.05, 3.63) is 24.2 Å². The van der Waals surface area contributed by atoms with Crippen LogP contribution in [0.3, 0.4) is 0 Å². The first kappa shape index (κ1) is 16.1. The minimum absolute atomic E-state index is 0.0432. The molecule has 1 unspecified atom stereocenters.